The molecule has 7 nitrogen and oxygen atoms in total. The lowest BCUT2D eigenvalue weighted by Crippen LogP contribution is -2.38. The molecular weight excluding hydrogens is 525 g/mol. The second kappa shape index (κ2) is 12.4. The second-order valence-corrected chi connectivity index (χ2v) is 8.44. The van der Waals surface area contributed by atoms with E-state index in [0.717, 1.165) is 35.2 Å². The highest BCUT2D eigenvalue weighted by Crippen LogP contribution is 2.21. The first-order valence-electron chi connectivity index (χ1n) is 10.2. The summed E-state index contributed by atoms with van der Waals surface area (Å²) in [4.78, 5) is 24.9. The average Bonchev–Trinajstić information content (AvgIpc) is 3.37. The zero-order chi connectivity index (χ0) is 21.5. The summed E-state index contributed by atoms with van der Waals surface area (Å²) in [6.45, 7) is 4.89. The maximum absolute atomic E-state index is 11.9. The zero-order valence-corrected chi connectivity index (χ0v) is 21.8. The van der Waals surface area contributed by atoms with Gasteiger partial charge in [0.25, 0.3) is 0 Å². The number of hydrogen-bond donors (Lipinski definition) is 1. The molecule has 0 radical (unpaired) electrons. The van der Waals surface area contributed by atoms with Gasteiger partial charge in [0.15, 0.2) is 5.96 Å². The molecule has 1 saturated heterocycles. The van der Waals surface area contributed by atoms with Crippen molar-refractivity contribution < 1.29 is 9.53 Å². The van der Waals surface area contributed by atoms with Crippen molar-refractivity contribution in [3.63, 3.8) is 0 Å². The fourth-order valence-corrected chi connectivity index (χ4v) is 4.34. The highest BCUT2D eigenvalue weighted by atomic mass is 127. The van der Waals surface area contributed by atoms with Gasteiger partial charge in [0, 0.05) is 52.6 Å². The van der Waals surface area contributed by atoms with Crippen molar-refractivity contribution in [1.29, 1.82) is 0 Å². The summed E-state index contributed by atoms with van der Waals surface area (Å²) in [5.74, 6) is 1.06. The van der Waals surface area contributed by atoms with Crippen molar-refractivity contribution in [2.24, 2.45) is 4.99 Å². The number of thiazole rings is 1. The predicted molar refractivity (Wildman–Crippen MR) is 136 cm³/mol. The number of likely N-dealkylation sites (tertiary alicyclic amines) is 1. The summed E-state index contributed by atoms with van der Waals surface area (Å²) < 4.78 is 5.34. The molecule has 0 spiro atoms. The standard InChI is InChI=1S/C22H31N5O2S.HI/c1-16(29-4)21-25-19(15-30-21)14-26(3)22(23-2)24-12-17-7-5-8-18(11-17)13-27-10-6-9-20(27)28;/h5,7-8,11,15-16H,6,9-10,12-14H2,1-4H3,(H,23,24);1H. The van der Waals surface area contributed by atoms with Crippen LogP contribution in [0.25, 0.3) is 0 Å². The van der Waals surface area contributed by atoms with E-state index in [1.54, 1.807) is 25.5 Å². The summed E-state index contributed by atoms with van der Waals surface area (Å²) in [6, 6.07) is 8.38. The quantitative estimate of drug-likeness (QED) is 0.304. The number of nitrogens with one attached hydrogen (secondary N) is 1. The highest BCUT2D eigenvalue weighted by Gasteiger charge is 2.20. The fraction of sp³-hybridized carbons (Fsp3) is 0.500. The van der Waals surface area contributed by atoms with Crippen molar-refractivity contribution in [2.75, 3.05) is 27.7 Å². The fourth-order valence-electron chi connectivity index (χ4n) is 3.50. The molecule has 1 unspecified atom stereocenters. The molecule has 1 N–H and O–H groups in total. The largest absolute Gasteiger partial charge is 0.375 e. The average molecular weight is 558 g/mol. The third-order valence-corrected chi connectivity index (χ3v) is 6.28. The van der Waals surface area contributed by atoms with Crippen LogP contribution < -0.4 is 5.32 Å². The topological polar surface area (TPSA) is 70.1 Å². The molecule has 2 heterocycles. The predicted octanol–water partition coefficient (Wildman–Crippen LogP) is 3.80. The first-order valence-corrected chi connectivity index (χ1v) is 11.1. The molecule has 1 atom stereocenters. The van der Waals surface area contributed by atoms with E-state index in [4.69, 9.17) is 4.74 Å². The Balaban J connectivity index is 0.00000341. The van der Waals surface area contributed by atoms with Gasteiger partial charge in [-0.2, -0.15) is 0 Å². The number of halogens is 1. The first kappa shape index (κ1) is 25.5. The van der Waals surface area contributed by atoms with Gasteiger partial charge in [-0.15, -0.1) is 35.3 Å². The Morgan fingerprint density at radius 2 is 2.19 bits per heavy atom. The van der Waals surface area contributed by atoms with Crippen LogP contribution in [-0.2, 0) is 29.2 Å². The lowest BCUT2D eigenvalue weighted by Gasteiger charge is -2.21. The monoisotopic (exact) mass is 557 g/mol. The van der Waals surface area contributed by atoms with Crippen LogP contribution in [0.3, 0.4) is 0 Å². The van der Waals surface area contributed by atoms with Gasteiger partial charge in [0.2, 0.25) is 5.91 Å². The number of ether oxygens (including phenoxy) is 1. The molecule has 1 aliphatic rings. The smallest absolute Gasteiger partial charge is 0.222 e. The van der Waals surface area contributed by atoms with E-state index in [1.165, 1.54) is 5.56 Å². The Morgan fingerprint density at radius 1 is 1.42 bits per heavy atom. The van der Waals surface area contributed by atoms with Crippen LogP contribution >= 0.6 is 35.3 Å². The van der Waals surface area contributed by atoms with Gasteiger partial charge in [0.1, 0.15) is 11.1 Å². The third kappa shape index (κ3) is 7.15. The lowest BCUT2D eigenvalue weighted by molar-refractivity contribution is -0.128. The number of carbonyl (C=O) groups excluding carboxylic acids is 1. The van der Waals surface area contributed by atoms with E-state index in [1.807, 2.05) is 24.9 Å². The van der Waals surface area contributed by atoms with Gasteiger partial charge in [-0.05, 0) is 24.5 Å². The molecule has 1 amide bonds. The van der Waals surface area contributed by atoms with E-state index < -0.39 is 0 Å². The van der Waals surface area contributed by atoms with Crippen LogP contribution in [0.4, 0.5) is 0 Å². The number of aromatic nitrogens is 1. The van der Waals surface area contributed by atoms with Gasteiger partial charge in [-0.1, -0.05) is 24.3 Å². The van der Waals surface area contributed by atoms with Crippen molar-refractivity contribution in [1.82, 2.24) is 20.1 Å². The molecule has 0 saturated carbocycles. The van der Waals surface area contributed by atoms with Gasteiger partial charge in [0.05, 0.1) is 12.2 Å². The van der Waals surface area contributed by atoms with E-state index in [0.29, 0.717) is 26.1 Å². The Bertz CT molecular complexity index is 888. The minimum atomic E-state index is 0. The number of rotatable bonds is 8. The van der Waals surface area contributed by atoms with Gasteiger partial charge >= 0.3 is 0 Å². The molecule has 2 aromatic rings. The third-order valence-electron chi connectivity index (χ3n) is 5.23. The molecule has 0 bridgehead atoms. The van der Waals surface area contributed by atoms with Gasteiger partial charge in [-0.25, -0.2) is 4.98 Å². The number of guanidine groups is 1. The van der Waals surface area contributed by atoms with Crippen LogP contribution in [0, 0.1) is 0 Å². The molecule has 1 aliphatic heterocycles. The number of amides is 1. The summed E-state index contributed by atoms with van der Waals surface area (Å²) >= 11 is 1.62. The molecule has 170 valence electrons. The van der Waals surface area contributed by atoms with Gasteiger partial charge in [-0.3, -0.25) is 9.79 Å². The Morgan fingerprint density at radius 3 is 2.87 bits per heavy atom. The van der Waals surface area contributed by atoms with E-state index in [-0.39, 0.29) is 36.0 Å². The molecular formula is C22H32IN5O2S. The minimum Gasteiger partial charge on any atom is -0.375 e. The van der Waals surface area contributed by atoms with E-state index >= 15 is 0 Å². The summed E-state index contributed by atoms with van der Waals surface area (Å²) in [5, 5.41) is 6.47. The molecule has 0 aliphatic carbocycles. The molecule has 1 aromatic heterocycles. The van der Waals surface area contributed by atoms with Crippen LogP contribution in [-0.4, -0.2) is 54.4 Å². The Hall–Kier alpha value is -1.72. The van der Waals surface area contributed by atoms with Crippen LogP contribution in [0.5, 0.6) is 0 Å². The normalized spacial score (nSPS) is 15.0. The number of benzene rings is 1. The van der Waals surface area contributed by atoms with E-state index in [9.17, 15) is 4.79 Å². The summed E-state index contributed by atoms with van der Waals surface area (Å²) in [6.07, 6.45) is 1.65. The van der Waals surface area contributed by atoms with Crippen molar-refractivity contribution in [3.8, 4) is 0 Å². The molecule has 1 aromatic carbocycles. The summed E-state index contributed by atoms with van der Waals surface area (Å²) in [5.41, 5.74) is 3.33. The molecule has 9 heteroatoms. The van der Waals surface area contributed by atoms with Crippen molar-refractivity contribution >= 4 is 47.2 Å². The van der Waals surface area contributed by atoms with E-state index in [2.05, 4.69) is 43.8 Å². The maximum Gasteiger partial charge on any atom is 0.222 e. The van der Waals surface area contributed by atoms with Gasteiger partial charge < -0.3 is 19.9 Å². The maximum atomic E-state index is 11.9. The lowest BCUT2D eigenvalue weighted by atomic mass is 10.1. The summed E-state index contributed by atoms with van der Waals surface area (Å²) in [7, 11) is 5.48. The number of aliphatic imine (C=N–C) groups is 1. The minimum absolute atomic E-state index is 0. The van der Waals surface area contributed by atoms with Crippen LogP contribution in [0.1, 0.15) is 47.7 Å². The van der Waals surface area contributed by atoms with Crippen LogP contribution in [0.15, 0.2) is 34.6 Å². The number of methoxy groups -OCH3 is 1. The number of hydrogen-bond acceptors (Lipinski definition) is 5. The zero-order valence-electron chi connectivity index (χ0n) is 18.6. The number of nitrogens with zero attached hydrogens (tertiary/aromatic N) is 4. The Labute approximate surface area is 205 Å². The number of carbonyl (C=O) groups is 1. The molecule has 3 rings (SSSR count). The SMILES string of the molecule is CN=C(NCc1cccc(CN2CCCC2=O)c1)N(C)Cc1csc(C(C)OC)n1.I. The first-order chi connectivity index (χ1) is 14.5. The van der Waals surface area contributed by atoms with Crippen LogP contribution in [0.2, 0.25) is 0 Å². The highest BCUT2D eigenvalue weighted by molar-refractivity contribution is 14.0. The Kier molecular flexibility index (Phi) is 10.2. The molecule has 31 heavy (non-hydrogen) atoms. The second-order valence-electron chi connectivity index (χ2n) is 7.55. The molecule has 1 fully saturated rings. The van der Waals surface area contributed by atoms with Crippen molar-refractivity contribution in [2.45, 2.75) is 45.5 Å². The van der Waals surface area contributed by atoms with Crippen molar-refractivity contribution in [3.05, 3.63) is 51.5 Å².